The summed E-state index contributed by atoms with van der Waals surface area (Å²) in [6.07, 6.45) is 1.81. The van der Waals surface area contributed by atoms with Crippen molar-refractivity contribution in [2.75, 3.05) is 13.1 Å². The van der Waals surface area contributed by atoms with E-state index in [-0.39, 0.29) is 18.4 Å². The van der Waals surface area contributed by atoms with Crippen molar-refractivity contribution in [3.8, 4) is 0 Å². The number of carbonyl (C=O) groups is 2. The van der Waals surface area contributed by atoms with Crippen LogP contribution in [0.25, 0.3) is 0 Å². The Morgan fingerprint density at radius 2 is 1.79 bits per heavy atom. The molecule has 2 aromatic rings. The van der Waals surface area contributed by atoms with Gasteiger partial charge in [-0.15, -0.1) is 22.9 Å². The number of unbranched alkanes of at least 4 members (excludes halogenated alkanes) is 1. The number of hydrogen-bond donors (Lipinski definition) is 0. The van der Waals surface area contributed by atoms with Crippen LogP contribution in [-0.4, -0.2) is 40.1 Å². The van der Waals surface area contributed by atoms with Gasteiger partial charge in [0.2, 0.25) is 11.8 Å². The Balaban J connectivity index is 2.16. The second-order valence-electron chi connectivity index (χ2n) is 6.98. The van der Waals surface area contributed by atoms with E-state index >= 15 is 0 Å². The average Bonchev–Trinajstić information content (AvgIpc) is 3.09. The molecule has 0 saturated carbocycles. The standard InChI is InChI=1S/C22H29ClN2O2S/c1-4-5-13-24(22(27)18(3)23)16-21(26)25(14-19-9-7-6-8-10-19)15-20-12-11-17(2)28-20/h6-12,18H,4-5,13-16H2,1-3H3. The Morgan fingerprint density at radius 3 is 2.36 bits per heavy atom. The first-order valence-electron chi connectivity index (χ1n) is 9.70. The van der Waals surface area contributed by atoms with E-state index in [4.69, 9.17) is 11.6 Å². The zero-order valence-electron chi connectivity index (χ0n) is 16.9. The second kappa shape index (κ2) is 11.2. The van der Waals surface area contributed by atoms with Gasteiger partial charge in [0, 0.05) is 22.8 Å². The number of alkyl halides is 1. The number of carbonyl (C=O) groups excluding carboxylic acids is 2. The largest absolute Gasteiger partial charge is 0.332 e. The van der Waals surface area contributed by atoms with Gasteiger partial charge in [0.05, 0.1) is 13.1 Å². The summed E-state index contributed by atoms with van der Waals surface area (Å²) in [5.74, 6) is -0.244. The van der Waals surface area contributed by atoms with Crippen molar-refractivity contribution in [2.24, 2.45) is 0 Å². The van der Waals surface area contributed by atoms with Gasteiger partial charge in [-0.3, -0.25) is 9.59 Å². The van der Waals surface area contributed by atoms with Crippen molar-refractivity contribution in [2.45, 2.75) is 52.1 Å². The maximum atomic E-state index is 13.2. The molecule has 0 aliphatic rings. The summed E-state index contributed by atoms with van der Waals surface area (Å²) in [7, 11) is 0. The van der Waals surface area contributed by atoms with Gasteiger partial charge in [-0.25, -0.2) is 0 Å². The molecule has 1 atom stereocenters. The summed E-state index contributed by atoms with van der Waals surface area (Å²) in [5.41, 5.74) is 1.07. The molecule has 2 rings (SSSR count). The Labute approximate surface area is 177 Å². The third-order valence-corrected chi connectivity index (χ3v) is 5.64. The van der Waals surface area contributed by atoms with Crippen molar-refractivity contribution in [3.05, 3.63) is 57.8 Å². The van der Waals surface area contributed by atoms with E-state index in [1.54, 1.807) is 23.2 Å². The molecule has 0 bridgehead atoms. The number of rotatable bonds is 10. The van der Waals surface area contributed by atoms with Crippen LogP contribution in [0.15, 0.2) is 42.5 Å². The van der Waals surface area contributed by atoms with E-state index in [1.165, 1.54) is 4.88 Å². The fraction of sp³-hybridized carbons (Fsp3) is 0.455. The molecule has 4 nitrogen and oxygen atoms in total. The molecule has 28 heavy (non-hydrogen) atoms. The van der Waals surface area contributed by atoms with Gasteiger partial charge in [0.15, 0.2) is 0 Å². The maximum absolute atomic E-state index is 13.2. The van der Waals surface area contributed by atoms with Crippen molar-refractivity contribution < 1.29 is 9.59 Å². The molecule has 0 aliphatic heterocycles. The van der Waals surface area contributed by atoms with Crippen LogP contribution < -0.4 is 0 Å². The van der Waals surface area contributed by atoms with Crippen LogP contribution in [0.1, 0.15) is 42.0 Å². The predicted molar refractivity (Wildman–Crippen MR) is 117 cm³/mol. The summed E-state index contributed by atoms with van der Waals surface area (Å²) >= 11 is 7.71. The minimum Gasteiger partial charge on any atom is -0.332 e. The van der Waals surface area contributed by atoms with E-state index in [0.717, 1.165) is 23.3 Å². The van der Waals surface area contributed by atoms with Crippen molar-refractivity contribution in [3.63, 3.8) is 0 Å². The number of hydrogen-bond acceptors (Lipinski definition) is 3. The van der Waals surface area contributed by atoms with Crippen molar-refractivity contribution >= 4 is 34.8 Å². The molecule has 2 amide bonds. The molecule has 0 saturated heterocycles. The lowest BCUT2D eigenvalue weighted by Gasteiger charge is -2.28. The highest BCUT2D eigenvalue weighted by Crippen LogP contribution is 2.19. The number of thiophene rings is 1. The minimum atomic E-state index is -0.632. The van der Waals surface area contributed by atoms with Crippen LogP contribution >= 0.6 is 22.9 Å². The molecule has 0 radical (unpaired) electrons. The average molecular weight is 421 g/mol. The van der Waals surface area contributed by atoms with Crippen LogP contribution in [0, 0.1) is 6.92 Å². The highest BCUT2D eigenvalue weighted by molar-refractivity contribution is 7.11. The van der Waals surface area contributed by atoms with Gasteiger partial charge >= 0.3 is 0 Å². The molecule has 6 heteroatoms. The first-order valence-corrected chi connectivity index (χ1v) is 11.0. The monoisotopic (exact) mass is 420 g/mol. The number of aryl methyl sites for hydroxylation is 1. The number of amides is 2. The quantitative estimate of drug-likeness (QED) is 0.516. The molecule has 1 unspecified atom stereocenters. The highest BCUT2D eigenvalue weighted by Gasteiger charge is 2.24. The first-order chi connectivity index (χ1) is 13.4. The van der Waals surface area contributed by atoms with Crippen molar-refractivity contribution in [1.29, 1.82) is 0 Å². The highest BCUT2D eigenvalue weighted by atomic mass is 35.5. The van der Waals surface area contributed by atoms with E-state index < -0.39 is 5.38 Å². The third-order valence-electron chi connectivity index (χ3n) is 4.47. The van der Waals surface area contributed by atoms with E-state index in [1.807, 2.05) is 35.2 Å². The molecule has 0 N–H and O–H groups in total. The lowest BCUT2D eigenvalue weighted by atomic mass is 10.2. The Morgan fingerprint density at radius 1 is 1.07 bits per heavy atom. The predicted octanol–water partition coefficient (Wildman–Crippen LogP) is 4.84. The van der Waals surface area contributed by atoms with Crippen LogP contribution in [0.3, 0.4) is 0 Å². The van der Waals surface area contributed by atoms with Crippen LogP contribution in [-0.2, 0) is 22.7 Å². The van der Waals surface area contributed by atoms with Crippen LogP contribution in [0.2, 0.25) is 0 Å². The lowest BCUT2D eigenvalue weighted by Crippen LogP contribution is -2.44. The molecule has 1 aromatic heterocycles. The molecular formula is C22H29ClN2O2S. The summed E-state index contributed by atoms with van der Waals surface area (Å²) in [6, 6.07) is 14.1. The van der Waals surface area contributed by atoms with E-state index in [2.05, 4.69) is 26.0 Å². The second-order valence-corrected chi connectivity index (χ2v) is 9.00. The topological polar surface area (TPSA) is 40.6 Å². The number of benzene rings is 1. The first kappa shape index (κ1) is 22.4. The van der Waals surface area contributed by atoms with Gasteiger partial charge in [-0.05, 0) is 38.0 Å². The molecule has 0 fully saturated rings. The number of halogens is 1. The fourth-order valence-corrected chi connectivity index (χ4v) is 3.97. The van der Waals surface area contributed by atoms with Gasteiger partial charge in [0.1, 0.15) is 5.38 Å². The summed E-state index contributed by atoms with van der Waals surface area (Å²) in [5, 5.41) is -0.632. The normalized spacial score (nSPS) is 11.9. The SMILES string of the molecule is CCCCN(CC(=O)N(Cc1ccccc1)Cc1ccc(C)s1)C(=O)C(C)Cl. The van der Waals surface area contributed by atoms with Gasteiger partial charge in [-0.2, -0.15) is 0 Å². The molecule has 0 spiro atoms. The smallest absolute Gasteiger partial charge is 0.242 e. The van der Waals surface area contributed by atoms with Crippen LogP contribution in [0.4, 0.5) is 0 Å². The van der Waals surface area contributed by atoms with Gasteiger partial charge < -0.3 is 9.80 Å². The third kappa shape index (κ3) is 6.95. The lowest BCUT2D eigenvalue weighted by molar-refractivity contribution is -0.141. The minimum absolute atomic E-state index is 0.0586. The molecular weight excluding hydrogens is 392 g/mol. The maximum Gasteiger partial charge on any atom is 0.242 e. The summed E-state index contributed by atoms with van der Waals surface area (Å²) in [6.45, 7) is 7.45. The Bertz CT molecular complexity index is 761. The molecule has 0 aliphatic carbocycles. The molecule has 152 valence electrons. The zero-order valence-corrected chi connectivity index (χ0v) is 18.4. The number of nitrogens with zero attached hydrogens (tertiary/aromatic N) is 2. The fourth-order valence-electron chi connectivity index (χ4n) is 2.93. The zero-order chi connectivity index (χ0) is 20.5. The summed E-state index contributed by atoms with van der Waals surface area (Å²) in [4.78, 5) is 31.4. The molecule has 1 aromatic carbocycles. The van der Waals surface area contributed by atoms with Gasteiger partial charge in [0.25, 0.3) is 0 Å². The van der Waals surface area contributed by atoms with Crippen LogP contribution in [0.5, 0.6) is 0 Å². The Kier molecular flexibility index (Phi) is 9.00. The Hall–Kier alpha value is -1.85. The van der Waals surface area contributed by atoms with E-state index in [0.29, 0.717) is 19.6 Å². The molecule has 1 heterocycles. The van der Waals surface area contributed by atoms with E-state index in [9.17, 15) is 9.59 Å². The summed E-state index contributed by atoms with van der Waals surface area (Å²) < 4.78 is 0. The van der Waals surface area contributed by atoms with Gasteiger partial charge in [-0.1, -0.05) is 43.7 Å². The van der Waals surface area contributed by atoms with Crippen molar-refractivity contribution in [1.82, 2.24) is 9.80 Å².